The fourth-order valence-corrected chi connectivity index (χ4v) is 6.20. The van der Waals surface area contributed by atoms with E-state index < -0.39 is 8.07 Å². The van der Waals surface area contributed by atoms with Gasteiger partial charge in [-0.25, -0.2) is 0 Å². The second-order valence-electron chi connectivity index (χ2n) is 7.00. The fraction of sp³-hybridized carbons (Fsp3) is 0.750. The highest BCUT2D eigenvalue weighted by Gasteiger charge is 2.37. The van der Waals surface area contributed by atoms with Crippen LogP contribution in [-0.4, -0.2) is 8.07 Å². The topological polar surface area (TPSA) is 0 Å². The van der Waals surface area contributed by atoms with Gasteiger partial charge in [-0.15, -0.1) is 0 Å². The summed E-state index contributed by atoms with van der Waals surface area (Å²) in [5, 5.41) is 2.86. The zero-order valence-electron chi connectivity index (χ0n) is 13.1. The molecule has 0 radical (unpaired) electrons. The van der Waals surface area contributed by atoms with E-state index in [1.807, 2.05) is 11.3 Å². The van der Waals surface area contributed by atoms with Crippen molar-refractivity contribution in [2.24, 2.45) is 0 Å². The minimum absolute atomic E-state index is 0.456. The lowest BCUT2D eigenvalue weighted by Gasteiger charge is -2.35. The summed E-state index contributed by atoms with van der Waals surface area (Å²) in [5.41, 5.74) is 1.58. The Bertz CT molecular complexity index is 357. The van der Waals surface area contributed by atoms with E-state index >= 15 is 0 Å². The van der Waals surface area contributed by atoms with E-state index in [0.717, 1.165) is 0 Å². The molecule has 0 aliphatic rings. The van der Waals surface area contributed by atoms with Crippen molar-refractivity contribution in [3.63, 3.8) is 0 Å². The summed E-state index contributed by atoms with van der Waals surface area (Å²) in [6.07, 6.45) is 6.76. The highest BCUT2D eigenvalue weighted by Crippen LogP contribution is 2.36. The van der Waals surface area contributed by atoms with Crippen molar-refractivity contribution in [2.75, 3.05) is 0 Å². The molecule has 18 heavy (non-hydrogen) atoms. The van der Waals surface area contributed by atoms with Crippen molar-refractivity contribution in [3.05, 3.63) is 17.0 Å². The second-order valence-corrected chi connectivity index (χ2v) is 13.6. The molecule has 0 nitrogen and oxygen atoms in total. The summed E-state index contributed by atoms with van der Waals surface area (Å²) < 4.78 is 1.68. The SMILES string of the molecule is CCCCCCc1csc([Si](C)(C)C(C)(C)C)c1. The van der Waals surface area contributed by atoms with E-state index in [2.05, 4.69) is 52.2 Å². The predicted octanol–water partition coefficient (Wildman–Crippen LogP) is 5.59. The van der Waals surface area contributed by atoms with Crippen molar-refractivity contribution in [3.8, 4) is 0 Å². The van der Waals surface area contributed by atoms with Gasteiger partial charge in [-0.2, -0.15) is 11.3 Å². The van der Waals surface area contributed by atoms with Crippen LogP contribution in [0.15, 0.2) is 11.4 Å². The molecule has 0 aromatic carbocycles. The molecule has 0 unspecified atom stereocenters. The molecule has 0 N–H and O–H groups in total. The van der Waals surface area contributed by atoms with Gasteiger partial charge in [0.25, 0.3) is 0 Å². The van der Waals surface area contributed by atoms with Gasteiger partial charge >= 0.3 is 0 Å². The van der Waals surface area contributed by atoms with Gasteiger partial charge in [0.2, 0.25) is 0 Å². The molecule has 0 aliphatic heterocycles. The number of hydrogen-bond donors (Lipinski definition) is 0. The van der Waals surface area contributed by atoms with Crippen molar-refractivity contribution in [1.29, 1.82) is 0 Å². The van der Waals surface area contributed by atoms with Gasteiger partial charge in [0.05, 0.1) is 8.07 Å². The molecule has 2 heteroatoms. The summed E-state index contributed by atoms with van der Waals surface area (Å²) in [6, 6.07) is 2.51. The smallest absolute Gasteiger partial charge is 0.0987 e. The van der Waals surface area contributed by atoms with Crippen LogP contribution in [0.2, 0.25) is 18.1 Å². The first-order valence-electron chi connectivity index (χ1n) is 7.37. The minimum atomic E-state index is -1.30. The van der Waals surface area contributed by atoms with Crippen LogP contribution in [0.25, 0.3) is 0 Å². The molecule has 0 saturated heterocycles. The minimum Gasteiger partial charge on any atom is -0.153 e. The zero-order chi connectivity index (χ0) is 13.8. The quantitative estimate of drug-likeness (QED) is 0.471. The Kier molecular flexibility index (Phi) is 5.66. The Hall–Kier alpha value is -0.0831. The normalized spacial score (nSPS) is 13.0. The van der Waals surface area contributed by atoms with Crippen LogP contribution in [0, 0.1) is 0 Å². The molecule has 0 spiro atoms. The molecule has 0 fully saturated rings. The average molecular weight is 283 g/mol. The van der Waals surface area contributed by atoms with E-state index in [4.69, 9.17) is 0 Å². The van der Waals surface area contributed by atoms with E-state index in [0.29, 0.717) is 5.04 Å². The van der Waals surface area contributed by atoms with Crippen LogP contribution >= 0.6 is 11.3 Å². The summed E-state index contributed by atoms with van der Waals surface area (Å²) >= 11 is 2.01. The van der Waals surface area contributed by atoms with Gasteiger partial charge in [0, 0.05) is 0 Å². The van der Waals surface area contributed by atoms with Crippen LogP contribution in [0.4, 0.5) is 0 Å². The second kappa shape index (κ2) is 6.38. The highest BCUT2D eigenvalue weighted by atomic mass is 32.1. The number of aryl methyl sites for hydroxylation is 1. The third-order valence-corrected chi connectivity index (χ3v) is 12.3. The van der Waals surface area contributed by atoms with Crippen LogP contribution in [0.5, 0.6) is 0 Å². The Balaban J connectivity index is 2.63. The Labute approximate surface area is 119 Å². The van der Waals surface area contributed by atoms with Crippen LogP contribution in [0.1, 0.15) is 58.9 Å². The fourth-order valence-electron chi connectivity index (χ4n) is 1.96. The molecule has 104 valence electrons. The summed E-state index contributed by atoms with van der Waals surface area (Å²) in [6.45, 7) is 14.5. The van der Waals surface area contributed by atoms with Crippen LogP contribution < -0.4 is 4.50 Å². The summed E-state index contributed by atoms with van der Waals surface area (Å²) in [5.74, 6) is 0. The molecule has 0 amide bonds. The Morgan fingerprint density at radius 1 is 1.11 bits per heavy atom. The van der Waals surface area contributed by atoms with Gasteiger partial charge < -0.3 is 0 Å². The lowest BCUT2D eigenvalue weighted by Crippen LogP contribution is -2.47. The van der Waals surface area contributed by atoms with Crippen LogP contribution in [-0.2, 0) is 6.42 Å². The van der Waals surface area contributed by atoms with Crippen molar-refractivity contribution < 1.29 is 0 Å². The largest absolute Gasteiger partial charge is 0.153 e. The monoisotopic (exact) mass is 282 g/mol. The molecule has 0 aliphatic carbocycles. The Morgan fingerprint density at radius 3 is 2.33 bits per heavy atom. The zero-order valence-corrected chi connectivity index (χ0v) is 14.9. The standard InChI is InChI=1S/C16H30SSi/c1-7-8-9-10-11-14-12-15(17-13-14)18(5,6)16(2,3)4/h12-13H,7-11H2,1-6H3. The molecule has 0 atom stereocenters. The first-order chi connectivity index (χ1) is 8.29. The number of hydrogen-bond acceptors (Lipinski definition) is 1. The third-order valence-electron chi connectivity index (χ3n) is 4.46. The molecule has 1 aromatic heterocycles. The molecule has 1 heterocycles. The summed E-state index contributed by atoms with van der Waals surface area (Å²) in [7, 11) is -1.30. The Morgan fingerprint density at radius 2 is 1.78 bits per heavy atom. The number of rotatable bonds is 6. The molecule has 1 rings (SSSR count). The molecular formula is C16H30SSi. The molecule has 0 saturated carbocycles. The van der Waals surface area contributed by atoms with Gasteiger partial charge in [0.1, 0.15) is 0 Å². The first kappa shape index (κ1) is 16.0. The van der Waals surface area contributed by atoms with Gasteiger partial charge in [-0.1, -0.05) is 60.1 Å². The average Bonchev–Trinajstić information content (AvgIpc) is 2.72. The van der Waals surface area contributed by atoms with Crippen LogP contribution in [0.3, 0.4) is 0 Å². The lowest BCUT2D eigenvalue weighted by atomic mass is 10.1. The van der Waals surface area contributed by atoms with Crippen molar-refractivity contribution in [1.82, 2.24) is 0 Å². The molecular weight excluding hydrogens is 252 g/mol. The molecule has 1 aromatic rings. The van der Waals surface area contributed by atoms with E-state index in [1.54, 1.807) is 10.1 Å². The first-order valence-corrected chi connectivity index (χ1v) is 11.2. The van der Waals surface area contributed by atoms with Gasteiger partial charge in [-0.3, -0.25) is 0 Å². The van der Waals surface area contributed by atoms with Gasteiger partial charge in [-0.05, 0) is 39.4 Å². The van der Waals surface area contributed by atoms with Crippen molar-refractivity contribution >= 4 is 23.9 Å². The number of unbranched alkanes of at least 4 members (excludes halogenated alkanes) is 3. The maximum atomic E-state index is 2.51. The van der Waals surface area contributed by atoms with Gasteiger partial charge in [0.15, 0.2) is 0 Å². The van der Waals surface area contributed by atoms with E-state index in [1.165, 1.54) is 32.1 Å². The predicted molar refractivity (Wildman–Crippen MR) is 89.0 cm³/mol. The van der Waals surface area contributed by atoms with E-state index in [-0.39, 0.29) is 0 Å². The van der Waals surface area contributed by atoms with Crippen molar-refractivity contribution in [2.45, 2.75) is 77.9 Å². The maximum absolute atomic E-state index is 2.51. The lowest BCUT2D eigenvalue weighted by molar-refractivity contribution is 0.667. The maximum Gasteiger partial charge on any atom is 0.0987 e. The third kappa shape index (κ3) is 3.96. The molecule has 0 bridgehead atoms. The number of thiophene rings is 1. The summed E-state index contributed by atoms with van der Waals surface area (Å²) in [4.78, 5) is 0. The highest BCUT2D eigenvalue weighted by molar-refractivity contribution is 7.25. The van der Waals surface area contributed by atoms with E-state index in [9.17, 15) is 0 Å².